The van der Waals surface area contributed by atoms with Gasteiger partial charge in [-0.15, -0.1) is 0 Å². The molecule has 0 bridgehead atoms. The van der Waals surface area contributed by atoms with Crippen molar-refractivity contribution in [2.24, 2.45) is 0 Å². The van der Waals surface area contributed by atoms with E-state index in [4.69, 9.17) is 16.8 Å². The van der Waals surface area contributed by atoms with Crippen molar-refractivity contribution in [2.45, 2.75) is 0 Å². The van der Waals surface area contributed by atoms with Crippen LogP contribution in [0, 0.1) is 0 Å². The van der Waals surface area contributed by atoms with Gasteiger partial charge in [-0.25, -0.2) is 0 Å². The Kier molecular flexibility index (Phi) is 3.87. The van der Waals surface area contributed by atoms with Crippen LogP contribution in [0.1, 0.15) is 15.1 Å². The fourth-order valence-electron chi connectivity index (χ4n) is 6.46. The maximum atomic E-state index is 9.51. The molecule has 1 heterocycles. The van der Waals surface area contributed by atoms with Crippen molar-refractivity contribution in [3.8, 4) is 44.5 Å². The molecule has 0 saturated carbocycles. The molecule has 1 aromatic heterocycles. The third kappa shape index (κ3) is 4.09. The number of rotatable bonds is 4. The van der Waals surface area contributed by atoms with Gasteiger partial charge in [-0.2, -0.15) is 0 Å². The number of hydrogen-bond acceptors (Lipinski definition) is 1. The summed E-state index contributed by atoms with van der Waals surface area (Å²) in [5, 5.41) is 2.94. The second-order valence-electron chi connectivity index (χ2n) is 10.8. The van der Waals surface area contributed by atoms with Crippen molar-refractivity contribution in [3.05, 3.63) is 170 Å². The van der Waals surface area contributed by atoms with E-state index in [0.717, 1.165) is 33.0 Å². The van der Waals surface area contributed by atoms with Crippen molar-refractivity contribution in [3.63, 3.8) is 0 Å². The van der Waals surface area contributed by atoms with Gasteiger partial charge in [0, 0.05) is 16.3 Å². The van der Waals surface area contributed by atoms with Crippen LogP contribution >= 0.6 is 0 Å². The minimum Gasteiger partial charge on any atom is -0.456 e. The lowest BCUT2D eigenvalue weighted by atomic mass is 9.82. The standard InChI is InChI=1S/C44H28O/c1-3-14-29(15-4-1)31-18-13-19-32(28-31)41-34-20-7-9-22-36(34)42(37-23-10-8-21-35(37)41)44-33(30-16-5-2-6-17-30)26-27-40-43(44)38-24-11-12-25-39(38)45-40/h1-28H/i2D,5D,6D,11D,12D,16D,17D,24D,25D,26D,27D. The maximum absolute atomic E-state index is 9.51. The Morgan fingerprint density at radius 3 is 1.71 bits per heavy atom. The lowest BCUT2D eigenvalue weighted by Gasteiger charge is -2.20. The largest absolute Gasteiger partial charge is 0.456 e. The van der Waals surface area contributed by atoms with Gasteiger partial charge in [0.1, 0.15) is 11.2 Å². The summed E-state index contributed by atoms with van der Waals surface area (Å²) in [4.78, 5) is 0. The second-order valence-corrected chi connectivity index (χ2v) is 10.8. The fraction of sp³-hybridized carbons (Fsp3) is 0. The third-order valence-electron chi connectivity index (χ3n) is 8.33. The van der Waals surface area contributed by atoms with Crippen LogP contribution in [0.4, 0.5) is 0 Å². The van der Waals surface area contributed by atoms with Crippen LogP contribution in [0.15, 0.2) is 174 Å². The fourth-order valence-corrected chi connectivity index (χ4v) is 6.46. The van der Waals surface area contributed by atoms with Crippen molar-refractivity contribution in [1.82, 2.24) is 0 Å². The first-order chi connectivity index (χ1) is 26.9. The van der Waals surface area contributed by atoms with E-state index < -0.39 is 66.5 Å². The molecule has 0 aliphatic heterocycles. The molecule has 210 valence electrons. The predicted octanol–water partition coefficient (Wildman–Crippen LogP) is 12.6. The molecule has 1 heteroatoms. The first-order valence-electron chi connectivity index (χ1n) is 20.0. The molecule has 0 fully saturated rings. The molecule has 45 heavy (non-hydrogen) atoms. The van der Waals surface area contributed by atoms with E-state index >= 15 is 0 Å². The Morgan fingerprint density at radius 1 is 0.378 bits per heavy atom. The average Bonchev–Trinajstić information content (AvgIpc) is 3.63. The third-order valence-corrected chi connectivity index (χ3v) is 8.33. The Labute approximate surface area is 277 Å². The lowest BCUT2D eigenvalue weighted by molar-refractivity contribution is 0.669. The zero-order valence-corrected chi connectivity index (χ0v) is 23.7. The summed E-state index contributed by atoms with van der Waals surface area (Å²) in [7, 11) is 0. The molecule has 0 radical (unpaired) electrons. The summed E-state index contributed by atoms with van der Waals surface area (Å²) in [5.41, 5.74) is 3.65. The highest BCUT2D eigenvalue weighted by Gasteiger charge is 2.23. The topological polar surface area (TPSA) is 13.1 Å². The van der Waals surface area contributed by atoms with Crippen LogP contribution in [-0.4, -0.2) is 0 Å². The molecule has 8 aromatic carbocycles. The number of para-hydroxylation sites is 1. The summed E-state index contributed by atoms with van der Waals surface area (Å²) >= 11 is 0. The Bertz CT molecular complexity index is 3070. The van der Waals surface area contributed by atoms with Crippen LogP contribution in [0.25, 0.3) is 88.0 Å². The van der Waals surface area contributed by atoms with Gasteiger partial charge in [-0.05, 0) is 78.6 Å². The highest BCUT2D eigenvalue weighted by molar-refractivity contribution is 6.27. The van der Waals surface area contributed by atoms with Crippen molar-refractivity contribution in [1.29, 1.82) is 0 Å². The minimum absolute atomic E-state index is 0.0454. The lowest BCUT2D eigenvalue weighted by Crippen LogP contribution is -1.94. The number of fused-ring (bicyclic) bond motifs is 5. The maximum Gasteiger partial charge on any atom is 0.136 e. The quantitative estimate of drug-likeness (QED) is 0.188. The van der Waals surface area contributed by atoms with E-state index in [9.17, 15) is 2.74 Å². The van der Waals surface area contributed by atoms with E-state index in [2.05, 4.69) is 6.07 Å². The highest BCUT2D eigenvalue weighted by atomic mass is 16.3. The Balaban J connectivity index is 1.55. The second kappa shape index (κ2) is 10.4. The molecule has 0 amide bonds. The van der Waals surface area contributed by atoms with Gasteiger partial charge in [0.2, 0.25) is 0 Å². The molecule has 0 unspecified atom stereocenters. The molecular weight excluding hydrogens is 544 g/mol. The van der Waals surface area contributed by atoms with Crippen LogP contribution in [0.3, 0.4) is 0 Å². The smallest absolute Gasteiger partial charge is 0.136 e. The van der Waals surface area contributed by atoms with Crippen LogP contribution < -0.4 is 0 Å². The summed E-state index contributed by atoms with van der Waals surface area (Å²) in [5.74, 6) is 0. The van der Waals surface area contributed by atoms with E-state index in [-0.39, 0.29) is 38.6 Å². The van der Waals surface area contributed by atoms with Crippen molar-refractivity contribution in [2.75, 3.05) is 0 Å². The number of furan rings is 1. The van der Waals surface area contributed by atoms with Crippen LogP contribution in [0.2, 0.25) is 0 Å². The van der Waals surface area contributed by atoms with Gasteiger partial charge in [-0.3, -0.25) is 0 Å². The zero-order valence-electron chi connectivity index (χ0n) is 34.7. The monoisotopic (exact) mass is 583 g/mol. The summed E-state index contributed by atoms with van der Waals surface area (Å²) in [6, 6.07) is 27.5. The molecule has 9 rings (SSSR count). The van der Waals surface area contributed by atoms with Crippen molar-refractivity contribution >= 4 is 43.5 Å². The SMILES string of the molecule is [2H]c1c([2H])c([2H])c(-c2c([2H])c([2H])c3oc4c([2H])c([2H])c([2H])c([2H])c4c3c2-c2c3ccccc3c(-c3cccc(-c4ccccc4)c3)c3ccccc23)c([2H])c1[2H]. The zero-order chi connectivity index (χ0) is 39.3. The van der Waals surface area contributed by atoms with Gasteiger partial charge in [-0.1, -0.05) is 151 Å². The summed E-state index contributed by atoms with van der Waals surface area (Å²) in [6.07, 6.45) is 0. The average molecular weight is 584 g/mol. The first kappa shape index (κ1) is 16.8. The molecular formula is C44H28O. The Hall–Kier alpha value is -5.92. The predicted molar refractivity (Wildman–Crippen MR) is 190 cm³/mol. The van der Waals surface area contributed by atoms with E-state index in [1.165, 1.54) is 0 Å². The van der Waals surface area contributed by atoms with E-state index in [1.807, 2.05) is 97.1 Å². The van der Waals surface area contributed by atoms with Gasteiger partial charge in [0.05, 0.1) is 15.1 Å². The first-order valence-corrected chi connectivity index (χ1v) is 14.5. The van der Waals surface area contributed by atoms with Crippen LogP contribution in [-0.2, 0) is 0 Å². The van der Waals surface area contributed by atoms with E-state index in [0.29, 0.717) is 16.3 Å². The van der Waals surface area contributed by atoms with Gasteiger partial charge < -0.3 is 4.42 Å². The van der Waals surface area contributed by atoms with E-state index in [1.54, 1.807) is 0 Å². The molecule has 0 aliphatic carbocycles. The molecule has 0 saturated heterocycles. The molecule has 0 N–H and O–H groups in total. The van der Waals surface area contributed by atoms with Crippen molar-refractivity contribution < 1.29 is 19.5 Å². The minimum atomic E-state index is -0.625. The Morgan fingerprint density at radius 2 is 0.978 bits per heavy atom. The number of hydrogen-bond donors (Lipinski definition) is 0. The normalized spacial score (nSPS) is 15.0. The van der Waals surface area contributed by atoms with Gasteiger partial charge >= 0.3 is 0 Å². The summed E-state index contributed by atoms with van der Waals surface area (Å²) in [6.45, 7) is 0. The molecule has 9 aromatic rings. The molecule has 0 atom stereocenters. The molecule has 0 spiro atoms. The van der Waals surface area contributed by atoms with Gasteiger partial charge in [0.15, 0.2) is 0 Å². The molecule has 1 nitrogen and oxygen atoms in total. The number of benzene rings is 8. The van der Waals surface area contributed by atoms with Crippen LogP contribution in [0.5, 0.6) is 0 Å². The highest BCUT2D eigenvalue weighted by Crippen LogP contribution is 2.50. The molecule has 0 aliphatic rings. The summed E-state index contributed by atoms with van der Waals surface area (Å²) < 4.78 is 103. The van der Waals surface area contributed by atoms with Gasteiger partial charge in [0.25, 0.3) is 0 Å².